The Morgan fingerprint density at radius 3 is 2.67 bits per heavy atom. The Morgan fingerprint density at radius 2 is 2.13 bits per heavy atom. The van der Waals surface area contributed by atoms with Gasteiger partial charge in [0.05, 0.1) is 24.1 Å². The maximum atomic E-state index is 11.2. The van der Waals surface area contributed by atoms with Gasteiger partial charge in [0.2, 0.25) is 0 Å². The Hall–Kier alpha value is -1.98. The van der Waals surface area contributed by atoms with Crippen molar-refractivity contribution >= 4 is 0 Å². The lowest BCUT2D eigenvalue weighted by molar-refractivity contribution is 0.375. The molecule has 0 saturated carbocycles. The van der Waals surface area contributed by atoms with Crippen LogP contribution in [0.3, 0.4) is 0 Å². The van der Waals surface area contributed by atoms with Gasteiger partial charge in [0.15, 0.2) is 5.82 Å². The van der Waals surface area contributed by atoms with E-state index < -0.39 is 5.76 Å². The predicted octanol–water partition coefficient (Wildman–Crippen LogP) is 0.291. The lowest BCUT2D eigenvalue weighted by Crippen LogP contribution is -2.17. The third kappa shape index (κ3) is 1.93. The molecule has 0 amide bonds. The number of aromatic nitrogens is 4. The van der Waals surface area contributed by atoms with Crippen molar-refractivity contribution in [3.05, 3.63) is 40.2 Å². The van der Waals surface area contributed by atoms with Gasteiger partial charge >= 0.3 is 5.76 Å². The molecule has 2 aromatic heterocycles. The Balaban J connectivity index is 2.29. The number of hydrogen-bond acceptors (Lipinski definition) is 5. The molecule has 6 heteroatoms. The van der Waals surface area contributed by atoms with Gasteiger partial charge < -0.3 is 0 Å². The topological polar surface area (TPSA) is 73.8 Å². The number of hydrogen-bond donors (Lipinski definition) is 0. The molecular formula is C9H10N4O2. The SMILES string of the molecule is Cc1cnc(Cn2c(C)noc2=O)cn1. The lowest BCUT2D eigenvalue weighted by Gasteiger charge is -2.00. The zero-order chi connectivity index (χ0) is 10.8. The van der Waals surface area contributed by atoms with Gasteiger partial charge in [0, 0.05) is 6.20 Å². The first-order chi connectivity index (χ1) is 7.16. The minimum atomic E-state index is -0.477. The quantitative estimate of drug-likeness (QED) is 0.706. The first-order valence-electron chi connectivity index (χ1n) is 4.47. The molecule has 0 aromatic carbocycles. The second-order valence-corrected chi connectivity index (χ2v) is 3.23. The second kappa shape index (κ2) is 3.64. The van der Waals surface area contributed by atoms with Gasteiger partial charge in [-0.3, -0.25) is 19.1 Å². The maximum Gasteiger partial charge on any atom is 0.441 e. The summed E-state index contributed by atoms with van der Waals surface area (Å²) in [7, 11) is 0. The molecule has 2 aromatic rings. The van der Waals surface area contributed by atoms with Crippen molar-refractivity contribution < 1.29 is 4.52 Å². The van der Waals surface area contributed by atoms with Crippen LogP contribution in [0.2, 0.25) is 0 Å². The minimum Gasteiger partial charge on any atom is -0.296 e. The van der Waals surface area contributed by atoms with Gasteiger partial charge in [0.1, 0.15) is 0 Å². The highest BCUT2D eigenvalue weighted by molar-refractivity contribution is 5.01. The van der Waals surface area contributed by atoms with Crippen molar-refractivity contribution in [1.29, 1.82) is 0 Å². The molecule has 2 rings (SSSR count). The van der Waals surface area contributed by atoms with Crippen LogP contribution in [0, 0.1) is 13.8 Å². The van der Waals surface area contributed by atoms with Crippen LogP contribution < -0.4 is 5.76 Å². The van der Waals surface area contributed by atoms with Crippen molar-refractivity contribution in [2.75, 3.05) is 0 Å². The van der Waals surface area contributed by atoms with Gasteiger partial charge in [-0.2, -0.15) is 0 Å². The van der Waals surface area contributed by atoms with E-state index in [0.717, 1.165) is 5.69 Å². The van der Waals surface area contributed by atoms with Crippen LogP contribution in [-0.2, 0) is 6.54 Å². The van der Waals surface area contributed by atoms with Crippen molar-refractivity contribution in [2.24, 2.45) is 0 Å². The average molecular weight is 206 g/mol. The fourth-order valence-corrected chi connectivity index (χ4v) is 1.18. The van der Waals surface area contributed by atoms with Gasteiger partial charge in [0.25, 0.3) is 0 Å². The second-order valence-electron chi connectivity index (χ2n) is 3.23. The molecule has 0 bridgehead atoms. The minimum absolute atomic E-state index is 0.335. The Bertz CT molecular complexity index is 512. The summed E-state index contributed by atoms with van der Waals surface area (Å²) in [5, 5.41) is 3.56. The van der Waals surface area contributed by atoms with E-state index in [1.807, 2.05) is 6.92 Å². The Labute approximate surface area is 85.6 Å². The number of rotatable bonds is 2. The Kier molecular flexibility index (Phi) is 2.32. The molecule has 0 fully saturated rings. The summed E-state index contributed by atoms with van der Waals surface area (Å²) in [5.41, 5.74) is 1.54. The molecule has 78 valence electrons. The third-order valence-electron chi connectivity index (χ3n) is 2.02. The highest BCUT2D eigenvalue weighted by atomic mass is 16.5. The van der Waals surface area contributed by atoms with E-state index >= 15 is 0 Å². The van der Waals surface area contributed by atoms with Gasteiger partial charge in [-0.05, 0) is 13.8 Å². The zero-order valence-corrected chi connectivity index (χ0v) is 8.47. The van der Waals surface area contributed by atoms with Crippen molar-refractivity contribution in [3.63, 3.8) is 0 Å². The normalized spacial score (nSPS) is 10.5. The molecular weight excluding hydrogens is 196 g/mol. The molecule has 0 N–H and O–H groups in total. The van der Waals surface area contributed by atoms with Crippen molar-refractivity contribution in [2.45, 2.75) is 20.4 Å². The van der Waals surface area contributed by atoms with Crippen LogP contribution in [0.5, 0.6) is 0 Å². The molecule has 0 aliphatic carbocycles. The summed E-state index contributed by atoms with van der Waals surface area (Å²) >= 11 is 0. The average Bonchev–Trinajstić information content (AvgIpc) is 2.53. The van der Waals surface area contributed by atoms with E-state index in [1.165, 1.54) is 4.57 Å². The fraction of sp³-hybridized carbons (Fsp3) is 0.333. The fourth-order valence-electron chi connectivity index (χ4n) is 1.18. The maximum absolute atomic E-state index is 11.2. The highest BCUT2D eigenvalue weighted by Gasteiger charge is 2.07. The van der Waals surface area contributed by atoms with Gasteiger partial charge in [-0.1, -0.05) is 5.16 Å². The standard InChI is InChI=1S/C9H10N4O2/c1-6-3-11-8(4-10-6)5-13-7(2)12-15-9(13)14/h3-4H,5H2,1-2H3. The first-order valence-corrected chi connectivity index (χ1v) is 4.47. The monoisotopic (exact) mass is 206 g/mol. The summed E-state index contributed by atoms with van der Waals surface area (Å²) in [6.45, 7) is 3.89. The molecule has 0 spiro atoms. The summed E-state index contributed by atoms with van der Waals surface area (Å²) in [4.78, 5) is 19.4. The van der Waals surface area contributed by atoms with Gasteiger partial charge in [-0.25, -0.2) is 4.79 Å². The van der Waals surface area contributed by atoms with E-state index in [9.17, 15) is 4.79 Å². The van der Waals surface area contributed by atoms with Crippen LogP contribution >= 0.6 is 0 Å². The lowest BCUT2D eigenvalue weighted by atomic mass is 10.4. The van der Waals surface area contributed by atoms with E-state index in [1.54, 1.807) is 19.3 Å². The van der Waals surface area contributed by atoms with E-state index in [0.29, 0.717) is 18.1 Å². The third-order valence-corrected chi connectivity index (χ3v) is 2.02. The number of nitrogens with zero attached hydrogens (tertiary/aromatic N) is 4. The molecule has 0 aliphatic heterocycles. The zero-order valence-electron chi connectivity index (χ0n) is 8.47. The molecule has 15 heavy (non-hydrogen) atoms. The smallest absolute Gasteiger partial charge is 0.296 e. The van der Waals surface area contributed by atoms with Crippen LogP contribution in [0.1, 0.15) is 17.2 Å². The summed E-state index contributed by atoms with van der Waals surface area (Å²) in [6.07, 6.45) is 3.29. The molecule has 2 heterocycles. The number of aryl methyl sites for hydroxylation is 2. The summed E-state index contributed by atoms with van der Waals surface area (Å²) in [5.74, 6) is 0.0530. The van der Waals surface area contributed by atoms with E-state index in [4.69, 9.17) is 0 Å². The van der Waals surface area contributed by atoms with E-state index in [-0.39, 0.29) is 0 Å². The molecule has 6 nitrogen and oxygen atoms in total. The predicted molar refractivity (Wildman–Crippen MR) is 51.4 cm³/mol. The van der Waals surface area contributed by atoms with E-state index in [2.05, 4.69) is 19.6 Å². The van der Waals surface area contributed by atoms with Crippen molar-refractivity contribution in [3.8, 4) is 0 Å². The summed E-state index contributed by atoms with van der Waals surface area (Å²) in [6, 6.07) is 0. The molecule has 0 unspecified atom stereocenters. The molecule has 0 radical (unpaired) electrons. The molecule has 0 atom stereocenters. The molecule has 0 aliphatic rings. The van der Waals surface area contributed by atoms with Crippen LogP contribution in [0.4, 0.5) is 0 Å². The Morgan fingerprint density at radius 1 is 1.33 bits per heavy atom. The van der Waals surface area contributed by atoms with Crippen molar-refractivity contribution in [1.82, 2.24) is 19.7 Å². The van der Waals surface area contributed by atoms with Crippen LogP contribution in [-0.4, -0.2) is 19.7 Å². The van der Waals surface area contributed by atoms with Gasteiger partial charge in [-0.15, -0.1) is 0 Å². The highest BCUT2D eigenvalue weighted by Crippen LogP contribution is 1.98. The van der Waals surface area contributed by atoms with Crippen LogP contribution in [0.15, 0.2) is 21.7 Å². The summed E-state index contributed by atoms with van der Waals surface area (Å²) < 4.78 is 5.90. The largest absolute Gasteiger partial charge is 0.441 e. The first kappa shape index (κ1) is 9.57. The molecule has 0 saturated heterocycles. The van der Waals surface area contributed by atoms with Crippen LogP contribution in [0.25, 0.3) is 0 Å².